The molecule has 0 saturated heterocycles. The van der Waals surface area contributed by atoms with Crippen molar-refractivity contribution < 1.29 is 14.7 Å². The number of aromatic nitrogens is 1. The Bertz CT molecular complexity index is 705. The molecule has 1 aliphatic rings. The number of carbonyl (C=O) groups is 2. The summed E-state index contributed by atoms with van der Waals surface area (Å²) in [5.41, 5.74) is 0.356. The van der Waals surface area contributed by atoms with Crippen LogP contribution >= 0.6 is 0 Å². The first-order chi connectivity index (χ1) is 10.1. The third-order valence-electron chi connectivity index (χ3n) is 4.41. The molecule has 0 aliphatic heterocycles. The van der Waals surface area contributed by atoms with Crippen molar-refractivity contribution in [1.82, 2.24) is 4.98 Å². The zero-order valence-corrected chi connectivity index (χ0v) is 11.7. The lowest BCUT2D eigenvalue weighted by Crippen LogP contribution is -2.43. The molecular weight excluding hydrogens is 266 g/mol. The smallest absolute Gasteiger partial charge is 0.317 e. The summed E-state index contributed by atoms with van der Waals surface area (Å²) in [5, 5.41) is 10.6. The molecule has 1 unspecified atom stereocenters. The van der Waals surface area contributed by atoms with Gasteiger partial charge in [0.25, 0.3) is 0 Å². The molecule has 1 aromatic carbocycles. The fraction of sp³-hybridized carbons (Fsp3) is 0.353. The van der Waals surface area contributed by atoms with Crippen LogP contribution in [-0.2, 0) is 16.0 Å². The van der Waals surface area contributed by atoms with Crippen molar-refractivity contribution in [1.29, 1.82) is 0 Å². The lowest BCUT2D eigenvalue weighted by molar-refractivity contribution is -0.157. The van der Waals surface area contributed by atoms with Gasteiger partial charge < -0.3 is 5.11 Å². The molecule has 1 aromatic heterocycles. The SMILES string of the molecule is O=C(O)C1(Cc2cccc3cccnc23)CCCCC1=O. The van der Waals surface area contributed by atoms with Gasteiger partial charge in [-0.1, -0.05) is 30.7 Å². The van der Waals surface area contributed by atoms with Gasteiger partial charge in [-0.25, -0.2) is 0 Å². The number of pyridine rings is 1. The van der Waals surface area contributed by atoms with E-state index < -0.39 is 11.4 Å². The molecule has 108 valence electrons. The number of carboxylic acids is 1. The van der Waals surface area contributed by atoms with Crippen LogP contribution in [0.15, 0.2) is 36.5 Å². The lowest BCUT2D eigenvalue weighted by Gasteiger charge is -2.31. The molecule has 0 spiro atoms. The van der Waals surface area contributed by atoms with E-state index in [4.69, 9.17) is 0 Å². The van der Waals surface area contributed by atoms with Gasteiger partial charge in [-0.3, -0.25) is 14.6 Å². The molecule has 1 fully saturated rings. The lowest BCUT2D eigenvalue weighted by atomic mass is 9.69. The number of aliphatic carboxylic acids is 1. The van der Waals surface area contributed by atoms with Crippen LogP contribution in [0.4, 0.5) is 0 Å². The average Bonchev–Trinajstić information content (AvgIpc) is 2.50. The van der Waals surface area contributed by atoms with E-state index in [-0.39, 0.29) is 12.2 Å². The third-order valence-corrected chi connectivity index (χ3v) is 4.41. The van der Waals surface area contributed by atoms with Gasteiger partial charge in [-0.15, -0.1) is 0 Å². The number of benzene rings is 1. The number of fused-ring (bicyclic) bond motifs is 1. The molecule has 1 N–H and O–H groups in total. The summed E-state index contributed by atoms with van der Waals surface area (Å²) < 4.78 is 0. The Morgan fingerprint density at radius 3 is 2.81 bits per heavy atom. The first kappa shape index (κ1) is 13.7. The Kier molecular flexibility index (Phi) is 3.45. The highest BCUT2D eigenvalue weighted by atomic mass is 16.4. The molecule has 1 heterocycles. The van der Waals surface area contributed by atoms with Crippen LogP contribution in [0.2, 0.25) is 0 Å². The van der Waals surface area contributed by atoms with Crippen molar-refractivity contribution in [3.05, 3.63) is 42.1 Å². The van der Waals surface area contributed by atoms with Crippen LogP contribution in [0.25, 0.3) is 10.9 Å². The third kappa shape index (κ3) is 2.31. The zero-order valence-electron chi connectivity index (χ0n) is 11.7. The van der Waals surface area contributed by atoms with E-state index in [0.29, 0.717) is 12.8 Å². The zero-order chi connectivity index (χ0) is 14.9. The van der Waals surface area contributed by atoms with Gasteiger partial charge in [-0.05, 0) is 30.9 Å². The van der Waals surface area contributed by atoms with E-state index in [1.54, 1.807) is 6.20 Å². The highest BCUT2D eigenvalue weighted by molar-refractivity contribution is 6.04. The Morgan fingerprint density at radius 2 is 2.05 bits per heavy atom. The Hall–Kier alpha value is -2.23. The molecule has 3 rings (SSSR count). The maximum Gasteiger partial charge on any atom is 0.317 e. The van der Waals surface area contributed by atoms with Crippen LogP contribution in [0.1, 0.15) is 31.2 Å². The molecule has 4 heteroatoms. The number of carboxylic acid groups (broad SMARTS) is 1. The Labute approximate surface area is 122 Å². The largest absolute Gasteiger partial charge is 0.480 e. The minimum absolute atomic E-state index is 0.144. The van der Waals surface area contributed by atoms with Crippen molar-refractivity contribution in [3.8, 4) is 0 Å². The van der Waals surface area contributed by atoms with Gasteiger partial charge in [0.15, 0.2) is 5.78 Å². The van der Waals surface area contributed by atoms with Gasteiger partial charge in [0.05, 0.1) is 5.52 Å². The first-order valence-electron chi connectivity index (χ1n) is 7.23. The number of ketones is 1. The van der Waals surface area contributed by atoms with Crippen molar-refractivity contribution in [3.63, 3.8) is 0 Å². The van der Waals surface area contributed by atoms with Crippen molar-refractivity contribution in [2.24, 2.45) is 5.41 Å². The van der Waals surface area contributed by atoms with E-state index >= 15 is 0 Å². The molecule has 2 aromatic rings. The summed E-state index contributed by atoms with van der Waals surface area (Å²) in [5.74, 6) is -1.14. The summed E-state index contributed by atoms with van der Waals surface area (Å²) in [7, 11) is 0. The molecule has 1 aliphatic carbocycles. The second kappa shape index (κ2) is 5.28. The van der Waals surface area contributed by atoms with E-state index in [2.05, 4.69) is 4.98 Å². The summed E-state index contributed by atoms with van der Waals surface area (Å²) in [4.78, 5) is 28.4. The van der Waals surface area contributed by atoms with Gasteiger partial charge in [0, 0.05) is 18.0 Å². The Morgan fingerprint density at radius 1 is 1.24 bits per heavy atom. The van der Waals surface area contributed by atoms with Crippen LogP contribution in [0.5, 0.6) is 0 Å². The van der Waals surface area contributed by atoms with Crippen molar-refractivity contribution >= 4 is 22.7 Å². The second-order valence-corrected chi connectivity index (χ2v) is 5.69. The van der Waals surface area contributed by atoms with E-state index in [0.717, 1.165) is 29.3 Å². The summed E-state index contributed by atoms with van der Waals surface area (Å²) in [6.07, 6.45) is 4.30. The average molecular weight is 283 g/mol. The van der Waals surface area contributed by atoms with Crippen LogP contribution < -0.4 is 0 Å². The topological polar surface area (TPSA) is 67.3 Å². The maximum atomic E-state index is 12.3. The molecule has 1 atom stereocenters. The number of para-hydroxylation sites is 1. The monoisotopic (exact) mass is 283 g/mol. The van der Waals surface area contributed by atoms with E-state index in [9.17, 15) is 14.7 Å². The number of Topliss-reactive ketones (excluding diaryl/α,β-unsaturated/α-hetero) is 1. The van der Waals surface area contributed by atoms with Crippen LogP contribution in [-0.4, -0.2) is 21.8 Å². The second-order valence-electron chi connectivity index (χ2n) is 5.69. The van der Waals surface area contributed by atoms with Crippen LogP contribution in [0.3, 0.4) is 0 Å². The molecule has 0 radical (unpaired) electrons. The van der Waals surface area contributed by atoms with Crippen LogP contribution in [0, 0.1) is 5.41 Å². The standard InChI is InChI=1S/C17H17NO3/c19-14-8-1-2-9-17(14,16(20)21)11-13-6-3-5-12-7-4-10-18-15(12)13/h3-7,10H,1-2,8-9,11H2,(H,20,21). The molecule has 21 heavy (non-hydrogen) atoms. The van der Waals surface area contributed by atoms with Gasteiger partial charge in [0.1, 0.15) is 5.41 Å². The maximum absolute atomic E-state index is 12.3. The fourth-order valence-corrected chi connectivity index (χ4v) is 3.21. The Balaban J connectivity index is 2.06. The van der Waals surface area contributed by atoms with Crippen molar-refractivity contribution in [2.45, 2.75) is 32.1 Å². The van der Waals surface area contributed by atoms with Gasteiger partial charge in [0.2, 0.25) is 0 Å². The predicted molar refractivity (Wildman–Crippen MR) is 79.0 cm³/mol. The van der Waals surface area contributed by atoms with E-state index in [1.807, 2.05) is 30.3 Å². The number of hydrogen-bond donors (Lipinski definition) is 1. The normalized spacial score (nSPS) is 22.4. The molecule has 1 saturated carbocycles. The molecule has 0 bridgehead atoms. The number of hydrogen-bond acceptors (Lipinski definition) is 3. The van der Waals surface area contributed by atoms with E-state index in [1.165, 1.54) is 0 Å². The molecule has 0 amide bonds. The minimum atomic E-state index is -1.27. The number of rotatable bonds is 3. The highest BCUT2D eigenvalue weighted by Crippen LogP contribution is 2.38. The molecule has 4 nitrogen and oxygen atoms in total. The summed E-state index contributed by atoms with van der Waals surface area (Å²) in [6.45, 7) is 0. The summed E-state index contributed by atoms with van der Waals surface area (Å²) >= 11 is 0. The quantitative estimate of drug-likeness (QED) is 0.879. The minimum Gasteiger partial charge on any atom is -0.480 e. The molecular formula is C17H17NO3. The number of nitrogens with zero attached hydrogens (tertiary/aromatic N) is 1. The predicted octanol–water partition coefficient (Wildman–Crippen LogP) is 2.99. The fourth-order valence-electron chi connectivity index (χ4n) is 3.21. The van der Waals surface area contributed by atoms with Crippen molar-refractivity contribution in [2.75, 3.05) is 0 Å². The number of carbonyl (C=O) groups excluding carboxylic acids is 1. The highest BCUT2D eigenvalue weighted by Gasteiger charge is 2.47. The van der Waals surface area contributed by atoms with Gasteiger partial charge in [-0.2, -0.15) is 0 Å². The first-order valence-corrected chi connectivity index (χ1v) is 7.23. The van der Waals surface area contributed by atoms with Gasteiger partial charge >= 0.3 is 5.97 Å². The summed E-state index contributed by atoms with van der Waals surface area (Å²) in [6, 6.07) is 9.51.